The normalized spacial score (nSPS) is 11.8. The van der Waals surface area contributed by atoms with Gasteiger partial charge in [-0.25, -0.2) is 0 Å². The predicted octanol–water partition coefficient (Wildman–Crippen LogP) is 3.49. The highest BCUT2D eigenvalue weighted by atomic mass is 32.1. The number of terminal acetylenes is 1. The molecule has 2 aromatic carbocycles. The van der Waals surface area contributed by atoms with Crippen molar-refractivity contribution < 1.29 is 9.53 Å². The Balaban J connectivity index is 2.00. The van der Waals surface area contributed by atoms with E-state index < -0.39 is 0 Å². The van der Waals surface area contributed by atoms with Gasteiger partial charge in [-0.15, -0.1) is 6.42 Å². The monoisotopic (exact) mass is 348 g/mol. The van der Waals surface area contributed by atoms with E-state index in [0.717, 1.165) is 21.5 Å². The van der Waals surface area contributed by atoms with Crippen molar-refractivity contribution in [3.8, 4) is 18.1 Å². The summed E-state index contributed by atoms with van der Waals surface area (Å²) in [6.07, 6.45) is 8.67. The van der Waals surface area contributed by atoms with E-state index in [0.29, 0.717) is 11.3 Å². The van der Waals surface area contributed by atoms with Crippen molar-refractivity contribution in [2.75, 3.05) is 7.11 Å². The van der Waals surface area contributed by atoms with E-state index in [1.807, 2.05) is 53.1 Å². The van der Waals surface area contributed by atoms with Crippen LogP contribution in [0.1, 0.15) is 5.56 Å². The standard InChI is InChI=1S/C20H16N2O2S/c1-3-13-22-17-11-10-16(24-2)14-18(17)25-20(22)21-19(23)12-9-15-7-5-4-6-8-15/h1,4-12,14H,13H2,2H3. The minimum atomic E-state index is -0.326. The summed E-state index contributed by atoms with van der Waals surface area (Å²) in [6.45, 7) is 0.348. The van der Waals surface area contributed by atoms with Crippen LogP contribution in [0.4, 0.5) is 0 Å². The van der Waals surface area contributed by atoms with Gasteiger partial charge < -0.3 is 9.30 Å². The Labute approximate surface area is 149 Å². The number of fused-ring (bicyclic) bond motifs is 1. The molecule has 3 rings (SSSR count). The first kappa shape index (κ1) is 16.7. The molecule has 0 fully saturated rings. The van der Waals surface area contributed by atoms with E-state index in [1.54, 1.807) is 13.2 Å². The minimum absolute atomic E-state index is 0.326. The Morgan fingerprint density at radius 2 is 2.12 bits per heavy atom. The predicted molar refractivity (Wildman–Crippen MR) is 101 cm³/mol. The number of thiazole rings is 1. The Kier molecular flexibility index (Phi) is 5.12. The van der Waals surface area contributed by atoms with Gasteiger partial charge in [0.15, 0.2) is 4.80 Å². The Morgan fingerprint density at radius 3 is 2.84 bits per heavy atom. The summed E-state index contributed by atoms with van der Waals surface area (Å²) in [5.74, 6) is 3.04. The highest BCUT2D eigenvalue weighted by Crippen LogP contribution is 2.23. The van der Waals surface area contributed by atoms with Crippen LogP contribution < -0.4 is 9.54 Å². The van der Waals surface area contributed by atoms with Crippen molar-refractivity contribution in [2.45, 2.75) is 6.54 Å². The van der Waals surface area contributed by atoms with Crippen molar-refractivity contribution in [2.24, 2.45) is 4.99 Å². The molecule has 5 heteroatoms. The maximum atomic E-state index is 12.2. The molecule has 0 spiro atoms. The molecule has 0 unspecified atom stereocenters. The molecule has 1 heterocycles. The van der Waals surface area contributed by atoms with Crippen LogP contribution in [0.25, 0.3) is 16.3 Å². The third kappa shape index (κ3) is 3.87. The fraction of sp³-hybridized carbons (Fsp3) is 0.100. The van der Waals surface area contributed by atoms with E-state index in [4.69, 9.17) is 11.2 Å². The number of amides is 1. The molecule has 0 aliphatic carbocycles. The maximum absolute atomic E-state index is 12.2. The highest BCUT2D eigenvalue weighted by molar-refractivity contribution is 7.16. The van der Waals surface area contributed by atoms with Crippen LogP contribution in [0.3, 0.4) is 0 Å². The van der Waals surface area contributed by atoms with Crippen LogP contribution in [0.2, 0.25) is 0 Å². The lowest BCUT2D eigenvalue weighted by atomic mass is 10.2. The zero-order chi connectivity index (χ0) is 17.6. The van der Waals surface area contributed by atoms with Crippen molar-refractivity contribution in [1.29, 1.82) is 0 Å². The van der Waals surface area contributed by atoms with Gasteiger partial charge in [0.2, 0.25) is 0 Å². The molecule has 124 valence electrons. The number of benzene rings is 2. The van der Waals surface area contributed by atoms with Crippen LogP contribution in [-0.4, -0.2) is 17.6 Å². The zero-order valence-electron chi connectivity index (χ0n) is 13.7. The smallest absolute Gasteiger partial charge is 0.272 e. The first-order valence-corrected chi connectivity index (χ1v) is 8.45. The average Bonchev–Trinajstić information content (AvgIpc) is 2.97. The van der Waals surface area contributed by atoms with Crippen molar-refractivity contribution in [1.82, 2.24) is 4.57 Å². The lowest BCUT2D eigenvalue weighted by Crippen LogP contribution is -2.15. The number of hydrogen-bond acceptors (Lipinski definition) is 3. The van der Waals surface area contributed by atoms with Gasteiger partial charge in [0.05, 0.1) is 23.9 Å². The molecule has 3 aromatic rings. The van der Waals surface area contributed by atoms with Gasteiger partial charge in [-0.1, -0.05) is 47.6 Å². The SMILES string of the molecule is C#CCn1c(=NC(=O)C=Cc2ccccc2)sc2cc(OC)ccc21. The number of rotatable bonds is 4. The molecule has 0 aliphatic heterocycles. The van der Waals surface area contributed by atoms with E-state index in [9.17, 15) is 4.79 Å². The summed E-state index contributed by atoms with van der Waals surface area (Å²) in [7, 11) is 1.62. The van der Waals surface area contributed by atoms with Crippen LogP contribution in [-0.2, 0) is 11.3 Å². The topological polar surface area (TPSA) is 43.6 Å². The second-order valence-corrected chi connectivity index (χ2v) is 6.21. The molecular weight excluding hydrogens is 332 g/mol. The number of nitrogens with zero attached hydrogens (tertiary/aromatic N) is 2. The first-order chi connectivity index (χ1) is 12.2. The Hall–Kier alpha value is -3.10. The molecule has 1 amide bonds. The quantitative estimate of drug-likeness (QED) is 0.535. The van der Waals surface area contributed by atoms with E-state index in [2.05, 4.69) is 10.9 Å². The molecule has 4 nitrogen and oxygen atoms in total. The molecule has 0 aliphatic rings. The molecule has 0 bridgehead atoms. The van der Waals surface area contributed by atoms with Crippen LogP contribution >= 0.6 is 11.3 Å². The van der Waals surface area contributed by atoms with E-state index in [1.165, 1.54) is 17.4 Å². The number of carbonyl (C=O) groups is 1. The molecule has 0 saturated heterocycles. The molecule has 0 saturated carbocycles. The minimum Gasteiger partial charge on any atom is -0.497 e. The van der Waals surface area contributed by atoms with Crippen molar-refractivity contribution in [3.63, 3.8) is 0 Å². The lowest BCUT2D eigenvalue weighted by Gasteiger charge is -2.01. The molecule has 25 heavy (non-hydrogen) atoms. The number of ether oxygens (including phenoxy) is 1. The highest BCUT2D eigenvalue weighted by Gasteiger charge is 2.07. The first-order valence-electron chi connectivity index (χ1n) is 7.64. The maximum Gasteiger partial charge on any atom is 0.272 e. The largest absolute Gasteiger partial charge is 0.497 e. The fourth-order valence-electron chi connectivity index (χ4n) is 2.37. The van der Waals surface area contributed by atoms with Gasteiger partial charge in [0.1, 0.15) is 5.75 Å². The summed E-state index contributed by atoms with van der Waals surface area (Å²) in [4.78, 5) is 17.0. The van der Waals surface area contributed by atoms with E-state index in [-0.39, 0.29) is 5.91 Å². The lowest BCUT2D eigenvalue weighted by molar-refractivity contribution is -0.113. The van der Waals surface area contributed by atoms with Crippen molar-refractivity contribution >= 4 is 33.5 Å². The van der Waals surface area contributed by atoms with Crippen LogP contribution in [0.5, 0.6) is 5.75 Å². The Morgan fingerprint density at radius 1 is 1.32 bits per heavy atom. The Bertz CT molecular complexity index is 1040. The van der Waals surface area contributed by atoms with E-state index >= 15 is 0 Å². The van der Waals surface area contributed by atoms with Crippen LogP contribution in [0, 0.1) is 12.3 Å². The number of hydrogen-bond donors (Lipinski definition) is 0. The molecule has 1 aromatic heterocycles. The summed E-state index contributed by atoms with van der Waals surface area (Å²) >= 11 is 1.41. The molecular formula is C20H16N2O2S. The van der Waals surface area contributed by atoms with Gasteiger partial charge in [0, 0.05) is 6.08 Å². The van der Waals surface area contributed by atoms with Gasteiger partial charge in [0.25, 0.3) is 5.91 Å². The molecule has 0 atom stereocenters. The zero-order valence-corrected chi connectivity index (χ0v) is 14.5. The van der Waals surface area contributed by atoms with Gasteiger partial charge >= 0.3 is 0 Å². The van der Waals surface area contributed by atoms with Gasteiger partial charge in [-0.3, -0.25) is 4.79 Å². The number of carbonyl (C=O) groups excluding carboxylic acids is 1. The number of methoxy groups -OCH3 is 1. The second-order valence-electron chi connectivity index (χ2n) is 5.20. The third-order valence-electron chi connectivity index (χ3n) is 3.56. The van der Waals surface area contributed by atoms with Gasteiger partial charge in [-0.05, 0) is 29.8 Å². The number of aromatic nitrogens is 1. The summed E-state index contributed by atoms with van der Waals surface area (Å²) < 4.78 is 8.07. The average molecular weight is 348 g/mol. The molecule has 0 N–H and O–H groups in total. The second kappa shape index (κ2) is 7.65. The summed E-state index contributed by atoms with van der Waals surface area (Å²) in [6, 6.07) is 15.3. The summed E-state index contributed by atoms with van der Waals surface area (Å²) in [5.41, 5.74) is 1.88. The van der Waals surface area contributed by atoms with Gasteiger partial charge in [-0.2, -0.15) is 4.99 Å². The molecule has 0 radical (unpaired) electrons. The van der Waals surface area contributed by atoms with Crippen LogP contribution in [0.15, 0.2) is 59.6 Å². The summed E-state index contributed by atoms with van der Waals surface area (Å²) in [5, 5.41) is 0. The fourth-order valence-corrected chi connectivity index (χ4v) is 3.44. The van der Waals surface area contributed by atoms with Crippen molar-refractivity contribution in [3.05, 3.63) is 65.0 Å². The third-order valence-corrected chi connectivity index (χ3v) is 4.60.